The number of nitro groups is 1. The zero-order chi connectivity index (χ0) is 17.4. The average molecular weight is 322 g/mol. The molecule has 0 spiro atoms. The van der Waals surface area contributed by atoms with E-state index in [0.717, 1.165) is 0 Å². The maximum atomic E-state index is 11.9. The smallest absolute Gasteiger partial charge is 0.308 e. The molecule has 1 aromatic rings. The molecular weight excluding hydrogens is 300 g/mol. The highest BCUT2D eigenvalue weighted by atomic mass is 16.6. The van der Waals surface area contributed by atoms with Crippen LogP contribution in [0.1, 0.15) is 51.6 Å². The van der Waals surface area contributed by atoms with Crippen molar-refractivity contribution >= 4 is 17.6 Å². The van der Waals surface area contributed by atoms with E-state index in [0.29, 0.717) is 12.0 Å². The second kappa shape index (κ2) is 8.87. The van der Waals surface area contributed by atoms with Crippen molar-refractivity contribution in [2.75, 3.05) is 0 Å². The van der Waals surface area contributed by atoms with E-state index >= 15 is 0 Å². The molecule has 126 valence electrons. The van der Waals surface area contributed by atoms with E-state index in [4.69, 9.17) is 4.74 Å². The van der Waals surface area contributed by atoms with Crippen molar-refractivity contribution in [1.82, 2.24) is 5.32 Å². The van der Waals surface area contributed by atoms with Crippen molar-refractivity contribution in [1.29, 1.82) is 0 Å². The van der Waals surface area contributed by atoms with Gasteiger partial charge in [-0.25, -0.2) is 0 Å². The first-order valence-electron chi connectivity index (χ1n) is 7.57. The number of nitro benzene ring substituents is 1. The van der Waals surface area contributed by atoms with Gasteiger partial charge < -0.3 is 10.1 Å². The summed E-state index contributed by atoms with van der Waals surface area (Å²) in [6.45, 7) is 5.29. The first-order valence-corrected chi connectivity index (χ1v) is 7.57. The molecule has 0 bridgehead atoms. The number of hydrogen-bond acceptors (Lipinski definition) is 5. The molecule has 7 heteroatoms. The van der Waals surface area contributed by atoms with Crippen LogP contribution in [0.5, 0.6) is 0 Å². The minimum absolute atomic E-state index is 0.133. The molecule has 0 aliphatic carbocycles. The van der Waals surface area contributed by atoms with E-state index in [1.54, 1.807) is 26.0 Å². The molecule has 0 radical (unpaired) electrons. The molecule has 0 aromatic heterocycles. The van der Waals surface area contributed by atoms with Crippen LogP contribution in [0.15, 0.2) is 24.3 Å². The lowest BCUT2D eigenvalue weighted by Crippen LogP contribution is -2.31. The fraction of sp³-hybridized carbons (Fsp3) is 0.500. The van der Waals surface area contributed by atoms with Gasteiger partial charge in [0.05, 0.1) is 29.1 Å². The summed E-state index contributed by atoms with van der Waals surface area (Å²) in [6, 6.07) is 5.27. The van der Waals surface area contributed by atoms with E-state index in [9.17, 15) is 19.7 Å². The summed E-state index contributed by atoms with van der Waals surface area (Å²) in [4.78, 5) is 34.4. The predicted molar refractivity (Wildman–Crippen MR) is 84.7 cm³/mol. The van der Waals surface area contributed by atoms with Gasteiger partial charge in [0.25, 0.3) is 5.69 Å². The van der Waals surface area contributed by atoms with Gasteiger partial charge in [-0.05, 0) is 20.3 Å². The summed E-state index contributed by atoms with van der Waals surface area (Å²) in [5, 5.41) is 13.9. The maximum Gasteiger partial charge on any atom is 0.308 e. The predicted octanol–water partition coefficient (Wildman–Crippen LogP) is 2.89. The van der Waals surface area contributed by atoms with Crippen molar-refractivity contribution in [3.8, 4) is 0 Å². The third-order valence-electron chi connectivity index (χ3n) is 3.06. The summed E-state index contributed by atoms with van der Waals surface area (Å²) >= 11 is 0. The Labute approximate surface area is 135 Å². The van der Waals surface area contributed by atoms with Gasteiger partial charge in [-0.1, -0.05) is 25.1 Å². The fourth-order valence-corrected chi connectivity index (χ4v) is 2.16. The highest BCUT2D eigenvalue weighted by Gasteiger charge is 2.26. The number of nitrogens with zero attached hydrogens (tertiary/aromatic N) is 1. The lowest BCUT2D eigenvalue weighted by Gasteiger charge is -2.19. The van der Waals surface area contributed by atoms with Gasteiger partial charge in [0, 0.05) is 12.5 Å². The Morgan fingerprint density at radius 2 is 1.96 bits per heavy atom. The van der Waals surface area contributed by atoms with Crippen LogP contribution in [0.3, 0.4) is 0 Å². The second-order valence-electron chi connectivity index (χ2n) is 5.43. The summed E-state index contributed by atoms with van der Waals surface area (Å²) in [5.41, 5.74) is 0.161. The number of carbonyl (C=O) groups is 2. The SMILES string of the molecule is CCCC(=O)NC(CC(=O)OC(C)C)c1ccccc1[N+](=O)[O-]. The third-order valence-corrected chi connectivity index (χ3v) is 3.06. The van der Waals surface area contributed by atoms with Gasteiger partial charge in [-0.15, -0.1) is 0 Å². The highest BCUT2D eigenvalue weighted by Crippen LogP contribution is 2.27. The third kappa shape index (κ3) is 6.06. The molecule has 0 aliphatic heterocycles. The minimum atomic E-state index is -0.790. The molecule has 1 aromatic carbocycles. The van der Waals surface area contributed by atoms with E-state index in [1.807, 2.05) is 6.92 Å². The van der Waals surface area contributed by atoms with Crippen LogP contribution in [0.2, 0.25) is 0 Å². The standard InChI is InChI=1S/C16H22N2O5/c1-4-7-15(19)17-13(10-16(20)23-11(2)3)12-8-5-6-9-14(12)18(21)22/h5-6,8-9,11,13H,4,7,10H2,1-3H3,(H,17,19). The van der Waals surface area contributed by atoms with Crippen molar-refractivity contribution in [2.24, 2.45) is 0 Å². The van der Waals surface area contributed by atoms with Gasteiger partial charge in [0.2, 0.25) is 5.91 Å². The molecular formula is C16H22N2O5. The Bertz CT molecular complexity index is 571. The van der Waals surface area contributed by atoms with Gasteiger partial charge >= 0.3 is 5.97 Å². The Morgan fingerprint density at radius 3 is 2.52 bits per heavy atom. The van der Waals surface area contributed by atoms with Crippen molar-refractivity contribution < 1.29 is 19.2 Å². The Balaban J connectivity index is 3.06. The molecule has 7 nitrogen and oxygen atoms in total. The average Bonchev–Trinajstić information content (AvgIpc) is 2.45. The Kier molecular flexibility index (Phi) is 7.18. The summed E-state index contributed by atoms with van der Waals surface area (Å²) in [7, 11) is 0. The zero-order valence-corrected chi connectivity index (χ0v) is 13.6. The lowest BCUT2D eigenvalue weighted by molar-refractivity contribution is -0.385. The van der Waals surface area contributed by atoms with Crippen molar-refractivity contribution in [2.45, 2.75) is 52.2 Å². The van der Waals surface area contributed by atoms with E-state index < -0.39 is 16.9 Å². The minimum Gasteiger partial charge on any atom is -0.463 e. The van der Waals surface area contributed by atoms with Crippen LogP contribution in [0.25, 0.3) is 0 Å². The van der Waals surface area contributed by atoms with Crippen LogP contribution in [0, 0.1) is 10.1 Å². The molecule has 0 fully saturated rings. The van der Waals surface area contributed by atoms with Crippen LogP contribution in [-0.4, -0.2) is 22.9 Å². The van der Waals surface area contributed by atoms with Crippen LogP contribution in [0.4, 0.5) is 5.69 Å². The molecule has 1 atom stereocenters. The second-order valence-corrected chi connectivity index (χ2v) is 5.43. The Morgan fingerprint density at radius 1 is 1.30 bits per heavy atom. The number of nitrogens with one attached hydrogen (secondary N) is 1. The fourth-order valence-electron chi connectivity index (χ4n) is 2.16. The van der Waals surface area contributed by atoms with Gasteiger partial charge in [-0.2, -0.15) is 0 Å². The monoisotopic (exact) mass is 322 g/mol. The molecule has 0 heterocycles. The zero-order valence-electron chi connectivity index (χ0n) is 13.6. The number of amides is 1. The first-order chi connectivity index (χ1) is 10.8. The van der Waals surface area contributed by atoms with Crippen LogP contribution < -0.4 is 5.32 Å². The molecule has 1 N–H and O–H groups in total. The van der Waals surface area contributed by atoms with Gasteiger partial charge in [-0.3, -0.25) is 19.7 Å². The summed E-state index contributed by atoms with van der Waals surface area (Å²) < 4.78 is 5.08. The number of esters is 1. The lowest BCUT2D eigenvalue weighted by atomic mass is 10.0. The van der Waals surface area contributed by atoms with Crippen LogP contribution in [-0.2, 0) is 14.3 Å². The molecule has 1 amide bonds. The number of hydrogen-bond donors (Lipinski definition) is 1. The molecule has 1 rings (SSSR count). The summed E-state index contributed by atoms with van der Waals surface area (Å²) in [6.07, 6.45) is 0.487. The van der Waals surface area contributed by atoms with Crippen molar-refractivity contribution in [3.63, 3.8) is 0 Å². The number of rotatable bonds is 8. The molecule has 0 saturated heterocycles. The van der Waals surface area contributed by atoms with E-state index in [1.165, 1.54) is 12.1 Å². The normalized spacial score (nSPS) is 11.8. The molecule has 0 aliphatic rings. The number of benzene rings is 1. The topological polar surface area (TPSA) is 98.5 Å². The highest BCUT2D eigenvalue weighted by molar-refractivity contribution is 5.78. The molecule has 1 unspecified atom stereocenters. The van der Waals surface area contributed by atoms with Crippen LogP contribution >= 0.6 is 0 Å². The Hall–Kier alpha value is -2.44. The van der Waals surface area contributed by atoms with E-state index in [2.05, 4.69) is 5.32 Å². The number of para-hydroxylation sites is 1. The maximum absolute atomic E-state index is 11.9. The first kappa shape index (κ1) is 18.6. The largest absolute Gasteiger partial charge is 0.463 e. The van der Waals surface area contributed by atoms with Gasteiger partial charge in [0.1, 0.15) is 0 Å². The molecule has 0 saturated carbocycles. The quantitative estimate of drug-likeness (QED) is 0.451. The summed E-state index contributed by atoms with van der Waals surface area (Å²) in [5.74, 6) is -0.770. The number of carbonyl (C=O) groups excluding carboxylic acids is 2. The number of ether oxygens (including phenoxy) is 1. The van der Waals surface area contributed by atoms with Crippen molar-refractivity contribution in [3.05, 3.63) is 39.9 Å². The molecule has 23 heavy (non-hydrogen) atoms. The van der Waals surface area contributed by atoms with E-state index in [-0.39, 0.29) is 30.5 Å². The van der Waals surface area contributed by atoms with Gasteiger partial charge in [0.15, 0.2) is 0 Å².